The third kappa shape index (κ3) is 2.98. The lowest BCUT2D eigenvalue weighted by Crippen LogP contribution is -2.48. The standard InChI is InChI=1S/C13H19N3O2/c1-14-13(18)12-4-2-3-7-16(12)9-10-5-6-11(17)8-15-10/h5-6,8,12,17H,2-4,7,9H2,1H3,(H,14,18). The van der Waals surface area contributed by atoms with Crippen LogP contribution in [-0.2, 0) is 11.3 Å². The van der Waals surface area contributed by atoms with E-state index in [0.29, 0.717) is 6.54 Å². The van der Waals surface area contributed by atoms with Crippen molar-refractivity contribution in [3.8, 4) is 5.75 Å². The number of amides is 1. The molecule has 1 amide bonds. The number of piperidine rings is 1. The molecule has 1 unspecified atom stereocenters. The molecule has 5 nitrogen and oxygen atoms in total. The van der Waals surface area contributed by atoms with Gasteiger partial charge in [0, 0.05) is 13.6 Å². The lowest BCUT2D eigenvalue weighted by Gasteiger charge is -2.34. The van der Waals surface area contributed by atoms with Crippen LogP contribution in [0.5, 0.6) is 5.75 Å². The van der Waals surface area contributed by atoms with Crippen molar-refractivity contribution in [2.24, 2.45) is 0 Å². The predicted octanol–water partition coefficient (Wildman–Crippen LogP) is 0.888. The van der Waals surface area contributed by atoms with Gasteiger partial charge in [0.2, 0.25) is 5.91 Å². The van der Waals surface area contributed by atoms with Gasteiger partial charge in [0.1, 0.15) is 5.75 Å². The average molecular weight is 249 g/mol. The summed E-state index contributed by atoms with van der Waals surface area (Å²) in [5.41, 5.74) is 0.878. The molecule has 0 aromatic carbocycles. The van der Waals surface area contributed by atoms with Gasteiger partial charge in [0.25, 0.3) is 0 Å². The quantitative estimate of drug-likeness (QED) is 0.835. The first-order chi connectivity index (χ1) is 8.70. The van der Waals surface area contributed by atoms with Crippen LogP contribution in [0.2, 0.25) is 0 Å². The third-order valence-electron chi connectivity index (χ3n) is 3.34. The van der Waals surface area contributed by atoms with Gasteiger partial charge >= 0.3 is 0 Å². The SMILES string of the molecule is CNC(=O)C1CCCCN1Cc1ccc(O)cn1. The number of nitrogens with zero attached hydrogens (tertiary/aromatic N) is 2. The van der Waals surface area contributed by atoms with E-state index >= 15 is 0 Å². The van der Waals surface area contributed by atoms with Crippen LogP contribution in [0.25, 0.3) is 0 Å². The number of likely N-dealkylation sites (N-methyl/N-ethyl adjacent to an activating group) is 1. The average Bonchev–Trinajstić information content (AvgIpc) is 2.41. The molecule has 1 atom stereocenters. The van der Waals surface area contributed by atoms with E-state index in [2.05, 4.69) is 15.2 Å². The minimum absolute atomic E-state index is 0.0562. The van der Waals surface area contributed by atoms with Gasteiger partial charge < -0.3 is 10.4 Å². The van der Waals surface area contributed by atoms with E-state index in [0.717, 1.165) is 31.5 Å². The van der Waals surface area contributed by atoms with Crippen LogP contribution in [0.3, 0.4) is 0 Å². The number of hydrogen-bond donors (Lipinski definition) is 2. The first kappa shape index (κ1) is 12.8. The van der Waals surface area contributed by atoms with Crippen molar-refractivity contribution in [2.45, 2.75) is 31.8 Å². The Morgan fingerprint density at radius 3 is 3.06 bits per heavy atom. The van der Waals surface area contributed by atoms with Crippen LogP contribution in [0.1, 0.15) is 25.0 Å². The van der Waals surface area contributed by atoms with Crippen LogP contribution < -0.4 is 5.32 Å². The monoisotopic (exact) mass is 249 g/mol. The molecule has 1 saturated heterocycles. The smallest absolute Gasteiger partial charge is 0.237 e. The molecule has 98 valence electrons. The molecule has 2 heterocycles. The van der Waals surface area contributed by atoms with E-state index in [1.165, 1.54) is 6.20 Å². The number of likely N-dealkylation sites (tertiary alicyclic amines) is 1. The summed E-state index contributed by atoms with van der Waals surface area (Å²) in [5, 5.41) is 11.9. The van der Waals surface area contributed by atoms with Crippen molar-refractivity contribution in [1.29, 1.82) is 0 Å². The van der Waals surface area contributed by atoms with Crippen LogP contribution in [0.15, 0.2) is 18.3 Å². The summed E-state index contributed by atoms with van der Waals surface area (Å²) in [6.07, 6.45) is 4.55. The molecule has 0 bridgehead atoms. The van der Waals surface area contributed by atoms with E-state index < -0.39 is 0 Å². The fraction of sp³-hybridized carbons (Fsp3) is 0.538. The number of nitrogens with one attached hydrogen (secondary N) is 1. The predicted molar refractivity (Wildman–Crippen MR) is 68.0 cm³/mol. The number of pyridine rings is 1. The minimum Gasteiger partial charge on any atom is -0.506 e. The Hall–Kier alpha value is -1.62. The fourth-order valence-corrected chi connectivity index (χ4v) is 2.36. The summed E-state index contributed by atoms with van der Waals surface area (Å²) < 4.78 is 0. The summed E-state index contributed by atoms with van der Waals surface area (Å²) in [6, 6.07) is 3.37. The summed E-state index contributed by atoms with van der Waals surface area (Å²) in [7, 11) is 1.67. The summed E-state index contributed by atoms with van der Waals surface area (Å²) >= 11 is 0. The second-order valence-electron chi connectivity index (χ2n) is 4.60. The molecule has 18 heavy (non-hydrogen) atoms. The summed E-state index contributed by atoms with van der Waals surface area (Å²) in [5.74, 6) is 0.244. The Labute approximate surface area is 107 Å². The minimum atomic E-state index is -0.0562. The molecular weight excluding hydrogens is 230 g/mol. The molecule has 0 radical (unpaired) electrons. The zero-order valence-corrected chi connectivity index (χ0v) is 10.6. The van der Waals surface area contributed by atoms with Crippen LogP contribution in [0.4, 0.5) is 0 Å². The van der Waals surface area contributed by atoms with Crippen molar-refractivity contribution in [1.82, 2.24) is 15.2 Å². The molecule has 2 N–H and O–H groups in total. The van der Waals surface area contributed by atoms with Crippen LogP contribution >= 0.6 is 0 Å². The van der Waals surface area contributed by atoms with E-state index in [1.54, 1.807) is 19.2 Å². The topological polar surface area (TPSA) is 65.5 Å². The van der Waals surface area contributed by atoms with Crippen molar-refractivity contribution in [3.63, 3.8) is 0 Å². The molecule has 0 spiro atoms. The molecule has 0 saturated carbocycles. The van der Waals surface area contributed by atoms with E-state index in [1.807, 2.05) is 0 Å². The molecule has 0 aliphatic carbocycles. The first-order valence-electron chi connectivity index (χ1n) is 6.30. The van der Waals surface area contributed by atoms with E-state index in [-0.39, 0.29) is 17.7 Å². The highest BCUT2D eigenvalue weighted by Crippen LogP contribution is 2.19. The number of rotatable bonds is 3. The van der Waals surface area contributed by atoms with Gasteiger partial charge in [0.15, 0.2) is 0 Å². The number of hydrogen-bond acceptors (Lipinski definition) is 4. The first-order valence-corrected chi connectivity index (χ1v) is 6.30. The van der Waals surface area contributed by atoms with Gasteiger partial charge in [-0.3, -0.25) is 14.7 Å². The van der Waals surface area contributed by atoms with Crippen molar-refractivity contribution in [3.05, 3.63) is 24.0 Å². The van der Waals surface area contributed by atoms with Crippen molar-refractivity contribution >= 4 is 5.91 Å². The van der Waals surface area contributed by atoms with Crippen molar-refractivity contribution in [2.75, 3.05) is 13.6 Å². The zero-order valence-electron chi connectivity index (χ0n) is 10.6. The number of carbonyl (C=O) groups excluding carboxylic acids is 1. The Balaban J connectivity index is 2.05. The lowest BCUT2D eigenvalue weighted by molar-refractivity contribution is -0.127. The molecule has 1 aromatic rings. The van der Waals surface area contributed by atoms with Gasteiger partial charge in [-0.15, -0.1) is 0 Å². The summed E-state index contributed by atoms with van der Waals surface area (Å²) in [4.78, 5) is 18.1. The Morgan fingerprint density at radius 2 is 2.39 bits per heavy atom. The largest absolute Gasteiger partial charge is 0.506 e. The van der Waals surface area contributed by atoms with E-state index in [4.69, 9.17) is 0 Å². The molecule has 2 rings (SSSR count). The van der Waals surface area contributed by atoms with Crippen LogP contribution in [-0.4, -0.2) is 40.5 Å². The van der Waals surface area contributed by atoms with Gasteiger partial charge in [-0.2, -0.15) is 0 Å². The third-order valence-corrected chi connectivity index (χ3v) is 3.34. The number of carbonyl (C=O) groups is 1. The molecule has 1 aliphatic rings. The zero-order chi connectivity index (χ0) is 13.0. The van der Waals surface area contributed by atoms with Gasteiger partial charge in [0.05, 0.1) is 17.9 Å². The van der Waals surface area contributed by atoms with Gasteiger partial charge in [-0.05, 0) is 31.5 Å². The highest BCUT2D eigenvalue weighted by Gasteiger charge is 2.27. The number of aromatic nitrogens is 1. The molecule has 1 aliphatic heterocycles. The Kier molecular flexibility index (Phi) is 4.15. The maximum absolute atomic E-state index is 11.8. The highest BCUT2D eigenvalue weighted by atomic mass is 16.3. The molecule has 1 aromatic heterocycles. The normalized spacial score (nSPS) is 20.6. The summed E-state index contributed by atoms with van der Waals surface area (Å²) in [6.45, 7) is 1.57. The Morgan fingerprint density at radius 1 is 1.56 bits per heavy atom. The fourth-order valence-electron chi connectivity index (χ4n) is 2.36. The van der Waals surface area contributed by atoms with E-state index in [9.17, 15) is 9.90 Å². The van der Waals surface area contributed by atoms with Crippen molar-refractivity contribution < 1.29 is 9.90 Å². The molecule has 1 fully saturated rings. The maximum Gasteiger partial charge on any atom is 0.237 e. The maximum atomic E-state index is 11.8. The van der Waals surface area contributed by atoms with Gasteiger partial charge in [-0.1, -0.05) is 6.42 Å². The second kappa shape index (κ2) is 5.82. The lowest BCUT2D eigenvalue weighted by atomic mass is 10.0. The van der Waals surface area contributed by atoms with Crippen LogP contribution in [0, 0.1) is 0 Å². The van der Waals surface area contributed by atoms with Gasteiger partial charge in [-0.25, -0.2) is 0 Å². The second-order valence-corrected chi connectivity index (χ2v) is 4.60. The molecular formula is C13H19N3O2. The Bertz CT molecular complexity index is 405. The molecule has 5 heteroatoms. The number of aromatic hydroxyl groups is 1. The highest BCUT2D eigenvalue weighted by molar-refractivity contribution is 5.81.